The van der Waals surface area contributed by atoms with E-state index >= 15 is 28.8 Å². The van der Waals surface area contributed by atoms with E-state index in [4.69, 9.17) is 44.8 Å². The summed E-state index contributed by atoms with van der Waals surface area (Å²) in [5.74, 6) is -13.6. The van der Waals surface area contributed by atoms with Crippen molar-refractivity contribution in [2.75, 3.05) is 47.2 Å². The third-order valence-electron chi connectivity index (χ3n) is 22.5. The lowest BCUT2D eigenvalue weighted by Gasteiger charge is -2.54. The van der Waals surface area contributed by atoms with Crippen LogP contribution in [0.3, 0.4) is 0 Å². The van der Waals surface area contributed by atoms with Crippen molar-refractivity contribution in [1.29, 1.82) is 0 Å². The van der Waals surface area contributed by atoms with Gasteiger partial charge in [-0.15, -0.1) is 0 Å². The van der Waals surface area contributed by atoms with Crippen molar-refractivity contribution in [3.8, 4) is 62.9 Å². The number of aliphatic hydroxyl groups excluding tert-OH is 6. The minimum absolute atomic E-state index is 0.0460. The van der Waals surface area contributed by atoms with Gasteiger partial charge < -0.3 is 122 Å². The van der Waals surface area contributed by atoms with Gasteiger partial charge in [-0.3, -0.25) is 38.4 Å². The molecule has 6 aliphatic heterocycles. The first-order valence-electron chi connectivity index (χ1n) is 38.6. The number of benzene rings is 6. The summed E-state index contributed by atoms with van der Waals surface area (Å²) in [5, 5.41) is 126. The number of hydrogen-bond acceptors (Lipinski definition) is 27. The van der Waals surface area contributed by atoms with Crippen molar-refractivity contribution < 1.29 is 126 Å². The van der Waals surface area contributed by atoms with Crippen molar-refractivity contribution >= 4 is 68.9 Å². The van der Waals surface area contributed by atoms with Gasteiger partial charge in [0.05, 0.1) is 48.8 Å². The molecule has 10 aliphatic rings. The average molecular weight is 1680 g/mol. The first kappa shape index (κ1) is 85.4. The number of halogens is 1. The minimum atomic E-state index is -4.92. The fraction of sp³-hybridized carbons (Fsp3) is 0.457. The third-order valence-corrected chi connectivity index (χ3v) is 24.2. The number of aromatic hydroxyl groups is 3. The summed E-state index contributed by atoms with van der Waals surface area (Å²) in [6.45, 7) is 4.92. The summed E-state index contributed by atoms with van der Waals surface area (Å²) in [6, 6.07) is 4.74. The summed E-state index contributed by atoms with van der Waals surface area (Å²) in [6.07, 6.45) is -11.0. The predicted octanol–water partition coefficient (Wildman–Crippen LogP) is 2.44. The van der Waals surface area contributed by atoms with Gasteiger partial charge in [0, 0.05) is 30.3 Å². The van der Waals surface area contributed by atoms with E-state index in [1.807, 2.05) is 18.6 Å². The zero-order valence-electron chi connectivity index (χ0n) is 64.6. The van der Waals surface area contributed by atoms with Gasteiger partial charge >= 0.3 is 0 Å². The number of hydrogen-bond donors (Lipinski definition) is 18. The Morgan fingerprint density at radius 2 is 1.27 bits per heavy atom. The number of phenols is 3. The van der Waals surface area contributed by atoms with Crippen LogP contribution in [0.2, 0.25) is 5.02 Å². The number of likely N-dealkylation sites (N-methyl/N-ethyl adjacent to an activating group) is 1. The van der Waals surface area contributed by atoms with Gasteiger partial charge in [-0.1, -0.05) is 43.6 Å². The van der Waals surface area contributed by atoms with E-state index < -0.39 is 205 Å². The van der Waals surface area contributed by atoms with E-state index in [0.717, 1.165) is 92.8 Å². The van der Waals surface area contributed by atoms with Crippen LogP contribution in [0.25, 0.3) is 11.1 Å². The maximum absolute atomic E-state index is 16.5. The molecule has 5 fully saturated rings. The van der Waals surface area contributed by atoms with Crippen LogP contribution in [0.1, 0.15) is 123 Å². The molecule has 632 valence electrons. The van der Waals surface area contributed by atoms with Gasteiger partial charge in [0.25, 0.3) is 10.0 Å². The number of aryl methyl sites for hydroxylation is 1. The Bertz CT molecular complexity index is 4920. The molecule has 0 spiro atoms. The largest absolute Gasteiger partial charge is 0.508 e. The third kappa shape index (κ3) is 18.5. The highest BCUT2D eigenvalue weighted by Crippen LogP contribution is 2.55. The Hall–Kier alpha value is -10.5. The van der Waals surface area contributed by atoms with E-state index in [0.29, 0.717) is 18.4 Å². The smallest absolute Gasteiger partial charge is 0.264 e. The summed E-state index contributed by atoms with van der Waals surface area (Å²) in [7, 11) is -1.95. The number of methoxy groups -OCH3 is 1. The molecule has 6 heterocycles. The van der Waals surface area contributed by atoms with Gasteiger partial charge in [-0.05, 0) is 194 Å². The molecular formula is C81H94ClN9O26S. The lowest BCUT2D eigenvalue weighted by Crippen LogP contribution is -2.60. The number of carbonyl (C=O) groups excluding carboxylic acids is 8. The Labute approximate surface area is 681 Å². The molecule has 4 saturated carbocycles. The van der Waals surface area contributed by atoms with Crippen LogP contribution in [-0.4, -0.2) is 210 Å². The first-order chi connectivity index (χ1) is 56.3. The van der Waals surface area contributed by atoms with Gasteiger partial charge in [0.2, 0.25) is 59.3 Å². The van der Waals surface area contributed by atoms with Crippen LogP contribution < -0.4 is 66.2 Å². The van der Waals surface area contributed by atoms with Gasteiger partial charge in [0.1, 0.15) is 114 Å². The van der Waals surface area contributed by atoms with Crippen LogP contribution in [-0.2, 0) is 62.6 Å². The summed E-state index contributed by atoms with van der Waals surface area (Å²) in [4.78, 5) is 123. The molecule has 15 bridgehead atoms. The fourth-order valence-electron chi connectivity index (χ4n) is 16.7. The van der Waals surface area contributed by atoms with Crippen molar-refractivity contribution in [3.05, 3.63) is 142 Å². The molecule has 6 aromatic carbocycles. The molecule has 37 heteroatoms. The van der Waals surface area contributed by atoms with Crippen LogP contribution in [0, 0.1) is 36.5 Å². The van der Waals surface area contributed by atoms with Crippen molar-refractivity contribution in [2.45, 2.75) is 162 Å². The van der Waals surface area contributed by atoms with Crippen LogP contribution in [0.5, 0.6) is 51.7 Å². The van der Waals surface area contributed by atoms with Gasteiger partial charge in [-0.2, -0.15) is 0 Å². The maximum atomic E-state index is 16.5. The molecule has 16 rings (SSSR count). The van der Waals surface area contributed by atoms with E-state index in [-0.39, 0.29) is 106 Å². The van der Waals surface area contributed by atoms with Crippen molar-refractivity contribution in [1.82, 2.24) is 47.3 Å². The highest BCUT2D eigenvalue weighted by Gasteiger charge is 2.51. The molecule has 6 aromatic rings. The van der Waals surface area contributed by atoms with E-state index in [2.05, 4.69) is 42.5 Å². The quantitative estimate of drug-likeness (QED) is 0.0460. The Morgan fingerprint density at radius 3 is 1.92 bits per heavy atom. The second kappa shape index (κ2) is 36.0. The number of nitrogens with one attached hydrogen (secondary N) is 9. The lowest BCUT2D eigenvalue weighted by molar-refractivity contribution is -0.277. The summed E-state index contributed by atoms with van der Waals surface area (Å²) < 4.78 is 72.0. The molecule has 14 atom stereocenters. The second-order valence-corrected chi connectivity index (χ2v) is 33.2. The maximum Gasteiger partial charge on any atom is 0.264 e. The fourth-order valence-corrected chi connectivity index (χ4v) is 18.0. The number of sulfonamides is 1. The van der Waals surface area contributed by atoms with E-state index in [1.54, 1.807) is 0 Å². The molecule has 1 saturated heterocycles. The van der Waals surface area contributed by atoms with Crippen LogP contribution >= 0.6 is 11.6 Å². The molecule has 35 nitrogen and oxygen atoms in total. The van der Waals surface area contributed by atoms with Crippen molar-refractivity contribution in [3.63, 3.8) is 0 Å². The first-order valence-corrected chi connectivity index (χ1v) is 40.5. The number of aliphatic hydroxyl groups is 6. The molecule has 0 unspecified atom stereocenters. The van der Waals surface area contributed by atoms with Crippen molar-refractivity contribution in [2.24, 2.45) is 29.6 Å². The zero-order valence-corrected chi connectivity index (χ0v) is 66.2. The summed E-state index contributed by atoms with van der Waals surface area (Å²) >= 11 is 7.17. The molecule has 18 N–H and O–H groups in total. The lowest BCUT2D eigenvalue weighted by atomic mass is 9.54. The normalized spacial score (nSPS) is 27.7. The number of rotatable bonds is 21. The molecule has 4 aliphatic carbocycles. The number of amides is 8. The minimum Gasteiger partial charge on any atom is -0.508 e. The molecule has 8 amide bonds. The SMILES string of the molecule is CN[C@H](CC(C)C)C(=O)N[C@H]1C(=O)N[C@@H](CC(=O)NS(=O)(=O)c2ccc(OCCOCCOC)cc2)C(=O)N[C@H]2C(=O)N[C@H]3C(=O)N[C@H](C(=O)N[C@H](C(=O)NC4C5CC6CC(C5)CC4C6)c4cc(O)cc(O)c4-c4cc3ccc4O)[C@H](O)c3ccc(c(Cl)c3)Oc3cc2cc(c3O[C@@H]2O[C@H](CO)[C@@H](O)[C@H](O)[C@H]2O)Oc2ccc(cc2C)[C@H]1O. The molecule has 0 aromatic heterocycles. The zero-order chi connectivity index (χ0) is 84.5. The van der Waals surface area contributed by atoms with Crippen LogP contribution in [0.4, 0.5) is 0 Å². The predicted molar refractivity (Wildman–Crippen MR) is 415 cm³/mol. The second-order valence-electron chi connectivity index (χ2n) is 31.1. The number of fused-ring (bicyclic) bond motifs is 15. The highest BCUT2D eigenvalue weighted by atomic mass is 35.5. The van der Waals surface area contributed by atoms with Crippen LogP contribution in [0.15, 0.2) is 108 Å². The Morgan fingerprint density at radius 1 is 0.636 bits per heavy atom. The summed E-state index contributed by atoms with van der Waals surface area (Å²) in [5.41, 5.74) is -2.06. The molecular weight excluding hydrogens is 1580 g/mol. The van der Waals surface area contributed by atoms with Gasteiger partial charge in [-0.25, -0.2) is 13.1 Å². The number of phenolic OH excluding ortho intramolecular Hbond substituents is 3. The Balaban J connectivity index is 0.983. The Kier molecular flexibility index (Phi) is 26.1. The number of ether oxygens (including phenoxy) is 7. The average Bonchev–Trinajstić information content (AvgIpc) is 0.759. The molecule has 118 heavy (non-hydrogen) atoms. The van der Waals surface area contributed by atoms with E-state index in [9.17, 15) is 64.0 Å². The highest BCUT2D eigenvalue weighted by molar-refractivity contribution is 7.90. The standard InChI is InChI=1S/C81H94ClN9O26S/c1-35(2)20-51(83-4)74(102)89-66-68(97)40-7-14-55(36(3)21-40)114-57-29-44-30-58(73(57)117-81-72(101)71(100)70(99)59(34-92)116-81)115-56-15-8-41(28-50(56)82)69(98)67-80(108)88-65(78(106)85-62-42-23-37-22-38(25-42)26-43(62)24-37)49-31-45(93)32-54(95)61(49)48-27-39(6-13-53(48)94)63(76(104)90-67)87-77(105)64(44)86-75(103)52(84-79(66)107)33-60(96)91-118(109,110)47-11-9-46(10-12-47)113-19-18-112-17-16-111-5/h6-15,21,27-32,35,37-38,42-43,51-52,59,62-72,81,83,92-95,97-101H,16-20,22-26,33-34H2,1-5H3,(H,84,107)(H,85,106)(H,86,103)(H,87,105)(H,88,108)(H,89,102)(H,90,104)(H,91,96)/t37?,38?,42?,43?,51-,52+,59-,62?,63-,64-,65+,66-,67+,68-,69-,70-,71+,72-,81+/m1/s1. The topological polar surface area (TPSA) is 526 Å². The molecule has 0 radical (unpaired) electrons. The monoisotopic (exact) mass is 1680 g/mol. The van der Waals surface area contributed by atoms with E-state index in [1.165, 1.54) is 63.5 Å². The number of carbonyl (C=O) groups is 8. The van der Waals surface area contributed by atoms with Gasteiger partial charge in [0.15, 0.2) is 11.5 Å².